The van der Waals surface area contributed by atoms with E-state index < -0.39 is 21.9 Å². The van der Waals surface area contributed by atoms with E-state index in [2.05, 4.69) is 10.1 Å². The highest BCUT2D eigenvalue weighted by molar-refractivity contribution is 7.89. The zero-order valence-electron chi connectivity index (χ0n) is 15.6. The third kappa shape index (κ3) is 4.23. The van der Waals surface area contributed by atoms with Gasteiger partial charge in [0.25, 0.3) is 5.91 Å². The molecule has 1 heterocycles. The van der Waals surface area contributed by atoms with Crippen molar-refractivity contribution in [2.45, 2.75) is 24.2 Å². The van der Waals surface area contributed by atoms with E-state index >= 15 is 0 Å². The van der Waals surface area contributed by atoms with Gasteiger partial charge in [-0.15, -0.1) is 0 Å². The number of hydrogen-bond donors (Lipinski definition) is 1. The summed E-state index contributed by atoms with van der Waals surface area (Å²) in [4.78, 5) is 24.4. The van der Waals surface area contributed by atoms with Crippen LogP contribution in [0.5, 0.6) is 0 Å². The monoisotopic (exact) mass is 402 g/mol. The molecule has 3 rings (SSSR count). The van der Waals surface area contributed by atoms with Crippen molar-refractivity contribution in [2.75, 3.05) is 25.5 Å². The van der Waals surface area contributed by atoms with Gasteiger partial charge < -0.3 is 10.1 Å². The van der Waals surface area contributed by atoms with E-state index in [1.807, 2.05) is 0 Å². The number of carbonyl (C=O) groups is 2. The fourth-order valence-corrected chi connectivity index (χ4v) is 4.80. The van der Waals surface area contributed by atoms with E-state index in [-0.39, 0.29) is 21.7 Å². The summed E-state index contributed by atoms with van der Waals surface area (Å²) < 4.78 is 32.2. The van der Waals surface area contributed by atoms with Crippen LogP contribution in [-0.4, -0.2) is 44.8 Å². The number of benzene rings is 2. The molecule has 0 spiro atoms. The number of nitrogens with one attached hydrogen (secondary N) is 1. The van der Waals surface area contributed by atoms with E-state index in [1.54, 1.807) is 30.3 Å². The third-order valence-corrected chi connectivity index (χ3v) is 6.57. The fourth-order valence-electron chi connectivity index (χ4n) is 3.14. The third-order valence-electron chi connectivity index (χ3n) is 4.61. The van der Waals surface area contributed by atoms with Crippen LogP contribution in [0.4, 0.5) is 5.69 Å². The molecule has 8 heteroatoms. The average molecular weight is 402 g/mol. The predicted octanol–water partition coefficient (Wildman–Crippen LogP) is 2.90. The first-order valence-corrected chi connectivity index (χ1v) is 10.5. The van der Waals surface area contributed by atoms with Gasteiger partial charge in [-0.3, -0.25) is 4.79 Å². The molecule has 148 valence electrons. The normalized spacial score (nSPS) is 15.0. The number of nitrogens with zero attached hydrogens (tertiary/aromatic N) is 1. The number of esters is 1. The molecule has 28 heavy (non-hydrogen) atoms. The average Bonchev–Trinajstić information content (AvgIpc) is 2.74. The maximum absolute atomic E-state index is 13.0. The Balaban J connectivity index is 1.88. The Hall–Kier alpha value is -2.71. The second-order valence-corrected chi connectivity index (χ2v) is 8.39. The van der Waals surface area contributed by atoms with Crippen LogP contribution < -0.4 is 5.32 Å². The van der Waals surface area contributed by atoms with Crippen molar-refractivity contribution in [1.29, 1.82) is 0 Å². The molecule has 0 aromatic heterocycles. The van der Waals surface area contributed by atoms with Crippen molar-refractivity contribution in [1.82, 2.24) is 4.31 Å². The summed E-state index contributed by atoms with van der Waals surface area (Å²) in [5, 5.41) is 2.66. The topological polar surface area (TPSA) is 92.8 Å². The first-order chi connectivity index (χ1) is 13.4. The van der Waals surface area contributed by atoms with Crippen molar-refractivity contribution < 1.29 is 22.7 Å². The molecule has 7 nitrogen and oxygen atoms in total. The molecular formula is C20H22N2O5S. The Labute approximate surface area is 164 Å². The fraction of sp³-hybridized carbons (Fsp3) is 0.300. The van der Waals surface area contributed by atoms with Crippen LogP contribution in [0.1, 0.15) is 40.0 Å². The molecule has 0 atom stereocenters. The Morgan fingerprint density at radius 3 is 2.36 bits per heavy atom. The van der Waals surface area contributed by atoms with E-state index in [0.29, 0.717) is 13.1 Å². The number of sulfonamides is 1. The van der Waals surface area contributed by atoms with Gasteiger partial charge in [-0.05, 0) is 43.2 Å². The van der Waals surface area contributed by atoms with E-state index in [1.165, 1.54) is 29.6 Å². The second kappa shape index (κ2) is 8.53. The summed E-state index contributed by atoms with van der Waals surface area (Å²) >= 11 is 0. The molecular weight excluding hydrogens is 380 g/mol. The molecule has 1 aliphatic heterocycles. The summed E-state index contributed by atoms with van der Waals surface area (Å²) in [6.45, 7) is 0.956. The van der Waals surface area contributed by atoms with Crippen LogP contribution in [-0.2, 0) is 14.8 Å². The molecule has 0 radical (unpaired) electrons. The molecule has 0 aliphatic carbocycles. The lowest BCUT2D eigenvalue weighted by molar-refractivity contribution is 0.0600. The molecule has 0 unspecified atom stereocenters. The summed E-state index contributed by atoms with van der Waals surface area (Å²) in [6, 6.07) is 12.4. The summed E-state index contributed by atoms with van der Waals surface area (Å²) in [7, 11) is -2.44. The van der Waals surface area contributed by atoms with Gasteiger partial charge in [0.1, 0.15) is 4.90 Å². The molecule has 1 amide bonds. The number of amides is 1. The zero-order chi connectivity index (χ0) is 20.1. The van der Waals surface area contributed by atoms with Crippen LogP contribution in [0.15, 0.2) is 53.4 Å². The Kier molecular flexibility index (Phi) is 6.11. The number of piperidine rings is 1. The van der Waals surface area contributed by atoms with Crippen molar-refractivity contribution in [3.63, 3.8) is 0 Å². The minimum atomic E-state index is -3.70. The van der Waals surface area contributed by atoms with Gasteiger partial charge >= 0.3 is 5.97 Å². The summed E-state index contributed by atoms with van der Waals surface area (Å²) in [5.74, 6) is -1.06. The number of ether oxygens (including phenoxy) is 1. The van der Waals surface area contributed by atoms with Gasteiger partial charge in [0.2, 0.25) is 10.0 Å². The lowest BCUT2D eigenvalue weighted by Gasteiger charge is -2.26. The molecule has 0 bridgehead atoms. The maximum Gasteiger partial charge on any atom is 0.337 e. The lowest BCUT2D eigenvalue weighted by Crippen LogP contribution is -2.36. The highest BCUT2D eigenvalue weighted by Crippen LogP contribution is 2.27. The molecule has 0 saturated carbocycles. The van der Waals surface area contributed by atoms with Crippen molar-refractivity contribution in [3.8, 4) is 0 Å². The number of carbonyl (C=O) groups excluding carboxylic acids is 2. The number of rotatable bonds is 5. The number of hydrogen-bond acceptors (Lipinski definition) is 5. The summed E-state index contributed by atoms with van der Waals surface area (Å²) in [6.07, 6.45) is 2.67. The molecule has 1 saturated heterocycles. The molecule has 1 N–H and O–H groups in total. The van der Waals surface area contributed by atoms with Crippen LogP contribution >= 0.6 is 0 Å². The molecule has 2 aromatic rings. The lowest BCUT2D eigenvalue weighted by atomic mass is 10.1. The molecule has 1 fully saturated rings. The summed E-state index contributed by atoms with van der Waals surface area (Å²) in [5.41, 5.74) is 0.680. The van der Waals surface area contributed by atoms with E-state index in [0.717, 1.165) is 19.3 Å². The van der Waals surface area contributed by atoms with Crippen molar-refractivity contribution in [3.05, 3.63) is 59.7 Å². The van der Waals surface area contributed by atoms with Gasteiger partial charge in [-0.25, -0.2) is 13.2 Å². The van der Waals surface area contributed by atoms with Crippen molar-refractivity contribution in [2.24, 2.45) is 0 Å². The van der Waals surface area contributed by atoms with Gasteiger partial charge in [0, 0.05) is 18.7 Å². The predicted molar refractivity (Wildman–Crippen MR) is 105 cm³/mol. The van der Waals surface area contributed by atoms with E-state index in [9.17, 15) is 18.0 Å². The number of anilines is 1. The highest BCUT2D eigenvalue weighted by Gasteiger charge is 2.28. The van der Waals surface area contributed by atoms with E-state index in [4.69, 9.17) is 0 Å². The quantitative estimate of drug-likeness (QED) is 0.777. The SMILES string of the molecule is COC(=O)c1cccc(C(=O)Nc2ccccc2S(=O)(=O)N2CCCCC2)c1. The Morgan fingerprint density at radius 2 is 1.64 bits per heavy atom. The van der Waals surface area contributed by atoms with Crippen LogP contribution in [0.25, 0.3) is 0 Å². The Morgan fingerprint density at radius 1 is 0.964 bits per heavy atom. The highest BCUT2D eigenvalue weighted by atomic mass is 32.2. The number of methoxy groups -OCH3 is 1. The molecule has 1 aliphatic rings. The van der Waals surface area contributed by atoms with Crippen LogP contribution in [0.2, 0.25) is 0 Å². The smallest absolute Gasteiger partial charge is 0.337 e. The largest absolute Gasteiger partial charge is 0.465 e. The maximum atomic E-state index is 13.0. The minimum absolute atomic E-state index is 0.0642. The number of para-hydroxylation sites is 1. The zero-order valence-corrected chi connectivity index (χ0v) is 16.4. The first kappa shape index (κ1) is 20.0. The second-order valence-electron chi connectivity index (χ2n) is 6.49. The van der Waals surface area contributed by atoms with Gasteiger partial charge in [0.15, 0.2) is 0 Å². The standard InChI is InChI=1S/C20H22N2O5S/c1-27-20(24)16-9-7-8-15(14-16)19(23)21-17-10-3-4-11-18(17)28(25,26)22-12-5-2-6-13-22/h3-4,7-11,14H,2,5-6,12-13H2,1H3,(H,21,23). The first-order valence-electron chi connectivity index (χ1n) is 9.02. The van der Waals surface area contributed by atoms with Crippen LogP contribution in [0.3, 0.4) is 0 Å². The van der Waals surface area contributed by atoms with Gasteiger partial charge in [-0.2, -0.15) is 4.31 Å². The van der Waals surface area contributed by atoms with Gasteiger partial charge in [0.05, 0.1) is 18.4 Å². The van der Waals surface area contributed by atoms with Crippen molar-refractivity contribution >= 4 is 27.6 Å². The van der Waals surface area contributed by atoms with Crippen LogP contribution in [0, 0.1) is 0 Å². The molecule has 2 aromatic carbocycles. The minimum Gasteiger partial charge on any atom is -0.465 e. The van der Waals surface area contributed by atoms with Gasteiger partial charge in [-0.1, -0.05) is 24.6 Å². The Bertz CT molecular complexity index is 982.